The van der Waals surface area contributed by atoms with E-state index in [9.17, 15) is 9.59 Å². The second-order valence-electron chi connectivity index (χ2n) is 6.70. The van der Waals surface area contributed by atoms with Gasteiger partial charge in [-0.1, -0.05) is 18.2 Å². The summed E-state index contributed by atoms with van der Waals surface area (Å²) in [4.78, 5) is 32.0. The number of amides is 2. The smallest absolute Gasteiger partial charge is 0.236 e. The molecule has 0 aliphatic carbocycles. The van der Waals surface area contributed by atoms with Crippen LogP contribution in [0.1, 0.15) is 19.3 Å². The van der Waals surface area contributed by atoms with Crippen LogP contribution in [0.5, 0.6) is 0 Å². The molecule has 0 N–H and O–H groups in total. The van der Waals surface area contributed by atoms with Crippen LogP contribution in [0.2, 0.25) is 0 Å². The zero-order valence-corrected chi connectivity index (χ0v) is 15.5. The van der Waals surface area contributed by atoms with Crippen molar-refractivity contribution >= 4 is 23.6 Å². The molecule has 25 heavy (non-hydrogen) atoms. The number of hydrogen-bond acceptors (Lipinski definition) is 4. The van der Waals surface area contributed by atoms with Crippen molar-refractivity contribution in [2.75, 3.05) is 51.6 Å². The molecule has 136 valence electrons. The maximum absolute atomic E-state index is 12.5. The van der Waals surface area contributed by atoms with Gasteiger partial charge in [0.1, 0.15) is 0 Å². The van der Waals surface area contributed by atoms with Crippen molar-refractivity contribution in [3.05, 3.63) is 30.3 Å². The van der Waals surface area contributed by atoms with E-state index in [1.807, 2.05) is 40.1 Å². The molecular weight excluding hydrogens is 334 g/mol. The summed E-state index contributed by atoms with van der Waals surface area (Å²) in [7, 11) is 0. The maximum atomic E-state index is 12.5. The number of benzene rings is 1. The highest BCUT2D eigenvalue weighted by molar-refractivity contribution is 8.00. The summed E-state index contributed by atoms with van der Waals surface area (Å²) < 4.78 is 0. The molecule has 0 radical (unpaired) electrons. The Morgan fingerprint density at radius 3 is 2.24 bits per heavy atom. The third kappa shape index (κ3) is 5.47. The van der Waals surface area contributed by atoms with Gasteiger partial charge < -0.3 is 9.80 Å². The number of likely N-dealkylation sites (tertiary alicyclic amines) is 1. The molecular formula is C19H27N3O2S. The highest BCUT2D eigenvalue weighted by atomic mass is 32.2. The van der Waals surface area contributed by atoms with Crippen molar-refractivity contribution < 1.29 is 9.59 Å². The molecule has 0 saturated carbocycles. The van der Waals surface area contributed by atoms with Gasteiger partial charge >= 0.3 is 0 Å². The third-order valence-electron chi connectivity index (χ3n) is 4.86. The summed E-state index contributed by atoms with van der Waals surface area (Å²) in [5.74, 6) is 0.926. The fourth-order valence-electron chi connectivity index (χ4n) is 3.39. The zero-order valence-electron chi connectivity index (χ0n) is 14.7. The van der Waals surface area contributed by atoms with Crippen LogP contribution in [-0.4, -0.2) is 78.1 Å². The Kier molecular flexibility index (Phi) is 6.76. The third-order valence-corrected chi connectivity index (χ3v) is 5.86. The van der Waals surface area contributed by atoms with Crippen LogP contribution in [0.25, 0.3) is 0 Å². The number of carbonyl (C=O) groups excluding carboxylic acids is 2. The highest BCUT2D eigenvalue weighted by Crippen LogP contribution is 2.18. The van der Waals surface area contributed by atoms with Crippen LogP contribution >= 0.6 is 11.8 Å². The summed E-state index contributed by atoms with van der Waals surface area (Å²) >= 11 is 1.59. The summed E-state index contributed by atoms with van der Waals surface area (Å²) in [5, 5.41) is 0. The molecule has 5 nitrogen and oxygen atoms in total. The van der Waals surface area contributed by atoms with Crippen molar-refractivity contribution in [3.63, 3.8) is 0 Å². The molecule has 6 heteroatoms. The molecule has 2 amide bonds. The van der Waals surface area contributed by atoms with Crippen LogP contribution in [0.4, 0.5) is 0 Å². The molecule has 0 unspecified atom stereocenters. The first-order valence-corrected chi connectivity index (χ1v) is 10.2. The van der Waals surface area contributed by atoms with E-state index < -0.39 is 0 Å². The van der Waals surface area contributed by atoms with Gasteiger partial charge in [-0.3, -0.25) is 14.5 Å². The second kappa shape index (κ2) is 9.25. The lowest BCUT2D eigenvalue weighted by atomic mass is 10.3. The summed E-state index contributed by atoms with van der Waals surface area (Å²) in [6, 6.07) is 10.0. The summed E-state index contributed by atoms with van der Waals surface area (Å²) in [6.45, 7) is 5.53. The quantitative estimate of drug-likeness (QED) is 0.752. The SMILES string of the molecule is O=C(CSc1ccccc1)N1CCCN(CC(=O)N2CCCC2)CC1. The highest BCUT2D eigenvalue weighted by Gasteiger charge is 2.23. The Morgan fingerprint density at radius 2 is 1.48 bits per heavy atom. The molecule has 2 fully saturated rings. The Hall–Kier alpha value is -1.53. The van der Waals surface area contributed by atoms with E-state index in [0.717, 1.165) is 63.4 Å². The fraction of sp³-hybridized carbons (Fsp3) is 0.579. The first kappa shape index (κ1) is 18.3. The summed E-state index contributed by atoms with van der Waals surface area (Å²) in [5.41, 5.74) is 0. The average molecular weight is 362 g/mol. The van der Waals surface area contributed by atoms with Crippen molar-refractivity contribution in [1.82, 2.24) is 14.7 Å². The minimum Gasteiger partial charge on any atom is -0.342 e. The van der Waals surface area contributed by atoms with E-state index >= 15 is 0 Å². The van der Waals surface area contributed by atoms with Gasteiger partial charge in [0.2, 0.25) is 11.8 Å². The van der Waals surface area contributed by atoms with E-state index in [0.29, 0.717) is 12.3 Å². The van der Waals surface area contributed by atoms with Crippen molar-refractivity contribution in [1.29, 1.82) is 0 Å². The number of rotatable bonds is 5. The van der Waals surface area contributed by atoms with Gasteiger partial charge in [0.25, 0.3) is 0 Å². The normalized spacial score (nSPS) is 19.0. The molecule has 2 saturated heterocycles. The van der Waals surface area contributed by atoms with Crippen molar-refractivity contribution in [2.45, 2.75) is 24.2 Å². The molecule has 0 bridgehead atoms. The molecule has 1 aromatic carbocycles. The Labute approximate surface area is 154 Å². The predicted octanol–water partition coefficient (Wildman–Crippen LogP) is 1.94. The van der Waals surface area contributed by atoms with E-state index in [1.54, 1.807) is 11.8 Å². The average Bonchev–Trinajstić information content (AvgIpc) is 3.08. The minimum atomic E-state index is 0.196. The molecule has 3 rings (SSSR count). The van der Waals surface area contributed by atoms with E-state index in [-0.39, 0.29) is 11.8 Å². The van der Waals surface area contributed by atoms with Crippen molar-refractivity contribution in [3.8, 4) is 0 Å². The largest absolute Gasteiger partial charge is 0.342 e. The molecule has 0 atom stereocenters. The number of hydrogen-bond donors (Lipinski definition) is 0. The predicted molar refractivity (Wildman–Crippen MR) is 101 cm³/mol. The maximum Gasteiger partial charge on any atom is 0.236 e. The second-order valence-corrected chi connectivity index (χ2v) is 7.75. The Balaban J connectivity index is 1.42. The summed E-state index contributed by atoms with van der Waals surface area (Å²) in [6.07, 6.45) is 3.20. The molecule has 0 aromatic heterocycles. The standard InChI is InChI=1S/C19H27N3O2S/c23-18(21-10-4-5-11-21)15-20-9-6-12-22(14-13-20)19(24)16-25-17-7-2-1-3-8-17/h1-3,7-8H,4-6,9-16H2. The van der Waals surface area contributed by atoms with Gasteiger partial charge in [0, 0.05) is 44.2 Å². The van der Waals surface area contributed by atoms with E-state index in [2.05, 4.69) is 4.90 Å². The van der Waals surface area contributed by atoms with Crippen LogP contribution in [-0.2, 0) is 9.59 Å². The van der Waals surface area contributed by atoms with Crippen molar-refractivity contribution in [2.24, 2.45) is 0 Å². The molecule has 2 aliphatic heterocycles. The van der Waals surface area contributed by atoms with Gasteiger partial charge in [-0.15, -0.1) is 11.8 Å². The Morgan fingerprint density at radius 1 is 0.800 bits per heavy atom. The first-order valence-electron chi connectivity index (χ1n) is 9.18. The van der Waals surface area contributed by atoms with Crippen LogP contribution in [0.3, 0.4) is 0 Å². The molecule has 2 aliphatic rings. The van der Waals surface area contributed by atoms with Gasteiger partial charge in [0.05, 0.1) is 12.3 Å². The van der Waals surface area contributed by atoms with Crippen LogP contribution in [0, 0.1) is 0 Å². The van der Waals surface area contributed by atoms with E-state index in [4.69, 9.17) is 0 Å². The lowest BCUT2D eigenvalue weighted by Crippen LogP contribution is -2.41. The molecule has 2 heterocycles. The zero-order chi connectivity index (χ0) is 17.5. The topological polar surface area (TPSA) is 43.9 Å². The Bertz CT molecular complexity index is 575. The van der Waals surface area contributed by atoms with Crippen LogP contribution < -0.4 is 0 Å². The van der Waals surface area contributed by atoms with Gasteiger partial charge in [0.15, 0.2) is 0 Å². The number of carbonyl (C=O) groups is 2. The first-order chi connectivity index (χ1) is 12.2. The number of nitrogens with zero attached hydrogens (tertiary/aromatic N) is 3. The molecule has 0 spiro atoms. The molecule has 1 aromatic rings. The monoisotopic (exact) mass is 361 g/mol. The van der Waals surface area contributed by atoms with E-state index in [1.165, 1.54) is 0 Å². The fourth-order valence-corrected chi connectivity index (χ4v) is 4.21. The number of thioether (sulfide) groups is 1. The van der Waals surface area contributed by atoms with Crippen LogP contribution in [0.15, 0.2) is 35.2 Å². The van der Waals surface area contributed by atoms with Gasteiger partial charge in [-0.25, -0.2) is 0 Å². The lowest BCUT2D eigenvalue weighted by Gasteiger charge is -2.24. The minimum absolute atomic E-state index is 0.196. The lowest BCUT2D eigenvalue weighted by molar-refractivity contribution is -0.131. The van der Waals surface area contributed by atoms with Gasteiger partial charge in [-0.05, 0) is 31.4 Å². The van der Waals surface area contributed by atoms with Gasteiger partial charge in [-0.2, -0.15) is 0 Å².